The molecule has 3 heterocycles. The molecule has 8 nitrogen and oxygen atoms in total. The highest BCUT2D eigenvalue weighted by Crippen LogP contribution is 2.33. The molecule has 0 aliphatic carbocycles. The van der Waals surface area contributed by atoms with E-state index in [0.717, 1.165) is 23.2 Å². The number of hydrogen-bond donors (Lipinski definition) is 2. The van der Waals surface area contributed by atoms with Gasteiger partial charge in [-0.05, 0) is 0 Å². The standard InChI is InChI=1S/C17H19N3O3S2.C2H4O2/c18-14-10-25(22,23)15-8-20(7-13(14)15)16(21)6-12-9-24-17(19-12)11-4-2-1-3-5-11;1-2(3)4/h1-5,9,13-15H,6-8,10,18H2;1H3,(H,3,4)/t13-,14+,15-;/m0./s1. The van der Waals surface area contributed by atoms with Gasteiger partial charge in [-0.1, -0.05) is 30.3 Å². The average Bonchev–Trinajstić information content (AvgIpc) is 3.33. The van der Waals surface area contributed by atoms with E-state index in [1.807, 2.05) is 35.7 Å². The van der Waals surface area contributed by atoms with Crippen molar-refractivity contribution in [2.24, 2.45) is 11.7 Å². The van der Waals surface area contributed by atoms with E-state index in [4.69, 9.17) is 15.6 Å². The van der Waals surface area contributed by atoms with E-state index in [2.05, 4.69) is 4.98 Å². The maximum Gasteiger partial charge on any atom is 0.300 e. The Kier molecular flexibility index (Phi) is 6.35. The van der Waals surface area contributed by atoms with Crippen molar-refractivity contribution < 1.29 is 23.1 Å². The van der Waals surface area contributed by atoms with Crippen molar-refractivity contribution in [1.29, 1.82) is 0 Å². The summed E-state index contributed by atoms with van der Waals surface area (Å²) >= 11 is 1.51. The predicted octanol–water partition coefficient (Wildman–Crippen LogP) is 1.03. The highest BCUT2D eigenvalue weighted by molar-refractivity contribution is 7.92. The number of benzene rings is 1. The molecule has 2 fully saturated rings. The Labute approximate surface area is 173 Å². The molecule has 2 aliphatic heterocycles. The lowest BCUT2D eigenvalue weighted by molar-refractivity contribution is -0.134. The predicted molar refractivity (Wildman–Crippen MR) is 110 cm³/mol. The number of carbonyl (C=O) groups excluding carboxylic acids is 1. The zero-order chi connectivity index (χ0) is 21.2. The first-order valence-electron chi connectivity index (χ1n) is 9.11. The first-order valence-corrected chi connectivity index (χ1v) is 11.7. The molecule has 0 spiro atoms. The molecule has 29 heavy (non-hydrogen) atoms. The maximum absolute atomic E-state index is 12.6. The summed E-state index contributed by atoms with van der Waals surface area (Å²) < 4.78 is 24.2. The van der Waals surface area contributed by atoms with E-state index in [1.165, 1.54) is 11.3 Å². The number of carbonyl (C=O) groups is 2. The fourth-order valence-corrected chi connectivity index (χ4v) is 6.76. The number of nitrogens with zero attached hydrogens (tertiary/aromatic N) is 2. The van der Waals surface area contributed by atoms with E-state index < -0.39 is 21.1 Å². The molecule has 3 atom stereocenters. The fraction of sp³-hybridized carbons (Fsp3) is 0.421. The number of likely N-dealkylation sites (tertiary alicyclic amines) is 1. The second-order valence-corrected chi connectivity index (χ2v) is 10.3. The van der Waals surface area contributed by atoms with Gasteiger partial charge in [0.1, 0.15) is 5.01 Å². The Morgan fingerprint density at radius 2 is 1.93 bits per heavy atom. The number of thiazole rings is 1. The zero-order valence-corrected chi connectivity index (χ0v) is 17.5. The molecule has 2 saturated heterocycles. The van der Waals surface area contributed by atoms with Gasteiger partial charge in [-0.15, -0.1) is 11.3 Å². The molecule has 2 aromatic rings. The van der Waals surface area contributed by atoms with Crippen molar-refractivity contribution >= 4 is 33.1 Å². The van der Waals surface area contributed by atoms with Crippen molar-refractivity contribution in [3.8, 4) is 10.6 Å². The van der Waals surface area contributed by atoms with Crippen LogP contribution in [0.2, 0.25) is 0 Å². The zero-order valence-electron chi connectivity index (χ0n) is 15.9. The van der Waals surface area contributed by atoms with Crippen LogP contribution >= 0.6 is 11.3 Å². The van der Waals surface area contributed by atoms with E-state index in [1.54, 1.807) is 4.90 Å². The molecule has 156 valence electrons. The highest BCUT2D eigenvalue weighted by atomic mass is 32.2. The van der Waals surface area contributed by atoms with E-state index in [0.29, 0.717) is 6.54 Å². The van der Waals surface area contributed by atoms with Crippen molar-refractivity contribution in [2.45, 2.75) is 24.6 Å². The Hall–Kier alpha value is -2.30. The molecule has 1 aromatic heterocycles. The minimum Gasteiger partial charge on any atom is -0.481 e. The Bertz CT molecular complexity index is 986. The number of aromatic nitrogens is 1. The van der Waals surface area contributed by atoms with Crippen LogP contribution in [-0.4, -0.2) is 65.4 Å². The number of carboxylic acids is 1. The summed E-state index contributed by atoms with van der Waals surface area (Å²) in [6.07, 6.45) is 0.193. The van der Waals surface area contributed by atoms with Crippen LogP contribution in [0.1, 0.15) is 12.6 Å². The SMILES string of the molecule is CC(=O)O.N[C@@H]1CS(=O)(=O)[C@H]2CN(C(=O)Cc3csc(-c4ccccc4)n3)C[C@@H]12. The smallest absolute Gasteiger partial charge is 0.300 e. The molecule has 3 N–H and O–H groups in total. The lowest BCUT2D eigenvalue weighted by Crippen LogP contribution is -2.36. The molecule has 1 amide bonds. The average molecular weight is 438 g/mol. The molecule has 0 saturated carbocycles. The van der Waals surface area contributed by atoms with Gasteiger partial charge in [-0.25, -0.2) is 13.4 Å². The van der Waals surface area contributed by atoms with Gasteiger partial charge < -0.3 is 15.7 Å². The lowest BCUT2D eigenvalue weighted by atomic mass is 10.0. The molecule has 2 aliphatic rings. The number of amides is 1. The van der Waals surface area contributed by atoms with Gasteiger partial charge in [0.15, 0.2) is 9.84 Å². The monoisotopic (exact) mass is 437 g/mol. The summed E-state index contributed by atoms with van der Waals surface area (Å²) in [4.78, 5) is 27.7. The molecule has 0 radical (unpaired) electrons. The second-order valence-electron chi connectivity index (χ2n) is 7.20. The van der Waals surface area contributed by atoms with Crippen LogP contribution in [0.4, 0.5) is 0 Å². The number of nitrogens with two attached hydrogens (primary N) is 1. The minimum absolute atomic E-state index is 0.0386. The third-order valence-electron chi connectivity index (χ3n) is 5.00. The normalized spacial score (nSPS) is 24.5. The second kappa shape index (κ2) is 8.60. The molecule has 0 bridgehead atoms. The summed E-state index contributed by atoms with van der Waals surface area (Å²) in [5, 5.41) is 9.69. The van der Waals surface area contributed by atoms with Crippen LogP contribution in [0, 0.1) is 5.92 Å². The van der Waals surface area contributed by atoms with Gasteiger partial charge in [0.25, 0.3) is 5.97 Å². The van der Waals surface area contributed by atoms with E-state index in [-0.39, 0.29) is 36.6 Å². The summed E-state index contributed by atoms with van der Waals surface area (Å²) in [5.74, 6) is -1.01. The Morgan fingerprint density at radius 3 is 2.55 bits per heavy atom. The molecule has 10 heteroatoms. The van der Waals surface area contributed by atoms with Gasteiger partial charge in [0.05, 0.1) is 23.1 Å². The molecular formula is C19H23N3O5S2. The number of sulfone groups is 1. The largest absolute Gasteiger partial charge is 0.481 e. The van der Waals surface area contributed by atoms with Crippen molar-refractivity contribution in [2.75, 3.05) is 18.8 Å². The fourth-order valence-electron chi connectivity index (χ4n) is 3.68. The number of carboxylic acid groups (broad SMARTS) is 1. The van der Waals surface area contributed by atoms with Crippen molar-refractivity contribution in [1.82, 2.24) is 9.88 Å². The summed E-state index contributed by atoms with van der Waals surface area (Å²) in [5.41, 5.74) is 7.70. The first kappa shape index (κ1) is 21.4. The third kappa shape index (κ3) is 5.01. The lowest BCUT2D eigenvalue weighted by Gasteiger charge is -2.18. The Balaban J connectivity index is 0.000000552. The summed E-state index contributed by atoms with van der Waals surface area (Å²) in [7, 11) is -3.18. The maximum atomic E-state index is 12.6. The van der Waals surface area contributed by atoms with E-state index in [9.17, 15) is 13.2 Å². The minimum atomic E-state index is -3.18. The molecular weight excluding hydrogens is 414 g/mol. The Morgan fingerprint density at radius 1 is 1.28 bits per heavy atom. The van der Waals surface area contributed by atoms with Gasteiger partial charge in [-0.2, -0.15) is 0 Å². The van der Waals surface area contributed by atoms with E-state index >= 15 is 0 Å². The number of fused-ring (bicyclic) bond motifs is 1. The van der Waals surface area contributed by atoms with Crippen LogP contribution in [0.3, 0.4) is 0 Å². The highest BCUT2D eigenvalue weighted by Gasteiger charge is 2.51. The summed E-state index contributed by atoms with van der Waals surface area (Å²) in [6.45, 7) is 1.77. The van der Waals surface area contributed by atoms with Crippen LogP contribution in [0.5, 0.6) is 0 Å². The van der Waals surface area contributed by atoms with Crippen molar-refractivity contribution in [3.05, 3.63) is 41.4 Å². The number of rotatable bonds is 3. The first-order chi connectivity index (χ1) is 13.7. The molecule has 0 unspecified atom stereocenters. The van der Waals surface area contributed by atoms with Crippen LogP contribution in [-0.2, 0) is 25.8 Å². The van der Waals surface area contributed by atoms with Gasteiger partial charge in [0.2, 0.25) is 5.91 Å². The van der Waals surface area contributed by atoms with Gasteiger partial charge >= 0.3 is 0 Å². The topological polar surface area (TPSA) is 131 Å². The van der Waals surface area contributed by atoms with Crippen molar-refractivity contribution in [3.63, 3.8) is 0 Å². The van der Waals surface area contributed by atoms with Crippen LogP contribution in [0.15, 0.2) is 35.7 Å². The number of hydrogen-bond acceptors (Lipinski definition) is 7. The van der Waals surface area contributed by atoms with Gasteiger partial charge in [0, 0.05) is 42.9 Å². The molecule has 4 rings (SSSR count). The van der Waals surface area contributed by atoms with Crippen LogP contribution < -0.4 is 5.73 Å². The third-order valence-corrected chi connectivity index (χ3v) is 8.21. The number of aliphatic carboxylic acids is 1. The summed E-state index contributed by atoms with van der Waals surface area (Å²) in [6, 6.07) is 9.46. The quantitative estimate of drug-likeness (QED) is 0.733. The van der Waals surface area contributed by atoms with Gasteiger partial charge in [-0.3, -0.25) is 9.59 Å². The van der Waals surface area contributed by atoms with Crippen LogP contribution in [0.25, 0.3) is 10.6 Å². The molecule has 1 aromatic carbocycles.